The minimum Gasteiger partial charge on any atom is -0.352 e. The number of fused-ring (bicyclic) bond motifs is 1. The SMILES string of the molecule is Cc1cccc(-n2nnc3c(=O)n(CC(=O)NC(C)C)cnc32)c1. The molecule has 3 aromatic rings. The van der Waals surface area contributed by atoms with Crippen LogP contribution >= 0.6 is 0 Å². The van der Waals surface area contributed by atoms with E-state index in [9.17, 15) is 9.59 Å². The summed E-state index contributed by atoms with van der Waals surface area (Å²) in [7, 11) is 0. The maximum atomic E-state index is 12.5. The number of rotatable bonds is 4. The Kier molecular flexibility index (Phi) is 4.11. The van der Waals surface area contributed by atoms with Gasteiger partial charge < -0.3 is 5.32 Å². The average Bonchev–Trinajstić information content (AvgIpc) is 2.94. The van der Waals surface area contributed by atoms with Gasteiger partial charge in [-0.15, -0.1) is 5.10 Å². The highest BCUT2D eigenvalue weighted by molar-refractivity contribution is 5.76. The second-order valence-electron chi connectivity index (χ2n) is 5.91. The lowest BCUT2D eigenvalue weighted by Crippen LogP contribution is -2.36. The average molecular weight is 326 g/mol. The number of nitrogens with zero attached hydrogens (tertiary/aromatic N) is 5. The lowest BCUT2D eigenvalue weighted by Gasteiger charge is -2.09. The lowest BCUT2D eigenvalue weighted by atomic mass is 10.2. The quantitative estimate of drug-likeness (QED) is 0.765. The molecule has 24 heavy (non-hydrogen) atoms. The lowest BCUT2D eigenvalue weighted by molar-refractivity contribution is -0.122. The number of hydrogen-bond acceptors (Lipinski definition) is 5. The van der Waals surface area contributed by atoms with Crippen LogP contribution in [-0.2, 0) is 11.3 Å². The standard InChI is InChI=1S/C16H18N6O2/c1-10(2)18-13(23)8-21-9-17-15-14(16(21)24)19-20-22(15)12-6-4-5-11(3)7-12/h4-7,9-10H,8H2,1-3H3,(H,18,23). The van der Waals surface area contributed by atoms with E-state index in [0.717, 1.165) is 11.3 Å². The highest BCUT2D eigenvalue weighted by atomic mass is 16.2. The first-order chi connectivity index (χ1) is 11.5. The van der Waals surface area contributed by atoms with Gasteiger partial charge in [0.15, 0.2) is 11.2 Å². The van der Waals surface area contributed by atoms with Gasteiger partial charge >= 0.3 is 0 Å². The molecule has 0 fully saturated rings. The van der Waals surface area contributed by atoms with Crippen molar-refractivity contribution in [2.75, 3.05) is 0 Å². The van der Waals surface area contributed by atoms with E-state index in [4.69, 9.17) is 0 Å². The van der Waals surface area contributed by atoms with E-state index in [1.807, 2.05) is 45.0 Å². The van der Waals surface area contributed by atoms with Crippen LogP contribution in [0.5, 0.6) is 0 Å². The zero-order valence-electron chi connectivity index (χ0n) is 13.7. The van der Waals surface area contributed by atoms with Crippen LogP contribution in [0.1, 0.15) is 19.4 Å². The molecule has 0 aliphatic rings. The molecule has 0 saturated heterocycles. The fourth-order valence-electron chi connectivity index (χ4n) is 2.41. The minimum atomic E-state index is -0.391. The molecule has 0 bridgehead atoms. The van der Waals surface area contributed by atoms with Crippen LogP contribution in [0.3, 0.4) is 0 Å². The highest BCUT2D eigenvalue weighted by Crippen LogP contribution is 2.13. The van der Waals surface area contributed by atoms with Crippen molar-refractivity contribution in [3.8, 4) is 5.69 Å². The molecule has 1 aromatic carbocycles. The Balaban J connectivity index is 2.00. The van der Waals surface area contributed by atoms with Gasteiger partial charge in [-0.1, -0.05) is 17.3 Å². The van der Waals surface area contributed by atoms with Gasteiger partial charge in [0.25, 0.3) is 5.56 Å². The van der Waals surface area contributed by atoms with Crippen LogP contribution in [-0.4, -0.2) is 36.5 Å². The van der Waals surface area contributed by atoms with Crippen LogP contribution in [0, 0.1) is 6.92 Å². The molecule has 8 nitrogen and oxygen atoms in total. The minimum absolute atomic E-state index is 0.00656. The number of carbonyl (C=O) groups excluding carboxylic acids is 1. The van der Waals surface area contributed by atoms with E-state index in [-0.39, 0.29) is 24.0 Å². The number of aryl methyl sites for hydroxylation is 1. The number of nitrogens with one attached hydrogen (secondary N) is 1. The summed E-state index contributed by atoms with van der Waals surface area (Å²) in [5.74, 6) is -0.251. The van der Waals surface area contributed by atoms with Crippen molar-refractivity contribution in [2.45, 2.75) is 33.4 Å². The fraction of sp³-hybridized carbons (Fsp3) is 0.312. The van der Waals surface area contributed by atoms with Crippen molar-refractivity contribution in [2.24, 2.45) is 0 Å². The van der Waals surface area contributed by atoms with Crippen molar-refractivity contribution >= 4 is 17.1 Å². The summed E-state index contributed by atoms with van der Waals surface area (Å²) in [5.41, 5.74) is 1.95. The number of hydrogen-bond donors (Lipinski definition) is 1. The Hall–Kier alpha value is -3.03. The van der Waals surface area contributed by atoms with Crippen molar-refractivity contribution in [1.29, 1.82) is 0 Å². The van der Waals surface area contributed by atoms with Gasteiger partial charge in [0, 0.05) is 6.04 Å². The largest absolute Gasteiger partial charge is 0.352 e. The van der Waals surface area contributed by atoms with E-state index in [2.05, 4.69) is 20.6 Å². The summed E-state index contributed by atoms with van der Waals surface area (Å²) >= 11 is 0. The number of carbonyl (C=O) groups is 1. The van der Waals surface area contributed by atoms with Crippen LogP contribution < -0.4 is 10.9 Å². The molecule has 1 amide bonds. The molecule has 8 heteroatoms. The second-order valence-corrected chi connectivity index (χ2v) is 5.91. The molecule has 2 aromatic heterocycles. The Morgan fingerprint density at radius 3 is 2.83 bits per heavy atom. The van der Waals surface area contributed by atoms with E-state index in [1.165, 1.54) is 15.6 Å². The molecular formula is C16H18N6O2. The van der Waals surface area contributed by atoms with Gasteiger partial charge in [0.05, 0.1) is 5.69 Å². The smallest absolute Gasteiger partial charge is 0.284 e. The predicted molar refractivity (Wildman–Crippen MR) is 88.9 cm³/mol. The first-order valence-electron chi connectivity index (χ1n) is 7.63. The van der Waals surface area contributed by atoms with Crippen molar-refractivity contribution < 1.29 is 4.79 Å². The molecular weight excluding hydrogens is 308 g/mol. The van der Waals surface area contributed by atoms with Gasteiger partial charge in [-0.05, 0) is 38.5 Å². The summed E-state index contributed by atoms with van der Waals surface area (Å²) in [6.45, 7) is 5.58. The van der Waals surface area contributed by atoms with E-state index >= 15 is 0 Å². The topological polar surface area (TPSA) is 94.7 Å². The van der Waals surface area contributed by atoms with Crippen molar-refractivity contribution in [3.05, 3.63) is 46.5 Å². The van der Waals surface area contributed by atoms with Gasteiger partial charge in [-0.3, -0.25) is 14.2 Å². The molecule has 0 saturated carbocycles. The molecule has 3 rings (SSSR count). The summed E-state index contributed by atoms with van der Waals surface area (Å²) in [5, 5.41) is 10.7. The molecule has 0 unspecified atom stereocenters. The maximum absolute atomic E-state index is 12.5. The Morgan fingerprint density at radius 2 is 2.12 bits per heavy atom. The molecule has 124 valence electrons. The first-order valence-corrected chi connectivity index (χ1v) is 7.63. The number of aromatic nitrogens is 5. The Morgan fingerprint density at radius 1 is 1.33 bits per heavy atom. The van der Waals surface area contributed by atoms with E-state index < -0.39 is 5.56 Å². The summed E-state index contributed by atoms with van der Waals surface area (Å²) in [4.78, 5) is 28.6. The molecule has 0 aliphatic heterocycles. The molecule has 1 N–H and O–H groups in total. The molecule has 0 spiro atoms. The van der Waals surface area contributed by atoms with Crippen LogP contribution in [0.4, 0.5) is 0 Å². The Labute approximate surface area is 138 Å². The third-order valence-corrected chi connectivity index (χ3v) is 3.44. The molecule has 0 radical (unpaired) electrons. The highest BCUT2D eigenvalue weighted by Gasteiger charge is 2.15. The van der Waals surface area contributed by atoms with Crippen LogP contribution in [0.25, 0.3) is 16.9 Å². The van der Waals surface area contributed by atoms with E-state index in [0.29, 0.717) is 5.65 Å². The second kappa shape index (κ2) is 6.23. The van der Waals surface area contributed by atoms with Gasteiger partial charge in [0.2, 0.25) is 5.91 Å². The summed E-state index contributed by atoms with van der Waals surface area (Å²) in [6, 6.07) is 7.67. The summed E-state index contributed by atoms with van der Waals surface area (Å²) in [6.07, 6.45) is 1.35. The third-order valence-electron chi connectivity index (χ3n) is 3.44. The molecule has 0 atom stereocenters. The fourth-order valence-corrected chi connectivity index (χ4v) is 2.41. The molecule has 0 aliphatic carbocycles. The van der Waals surface area contributed by atoms with E-state index in [1.54, 1.807) is 0 Å². The zero-order chi connectivity index (χ0) is 17.3. The first kappa shape index (κ1) is 15.9. The maximum Gasteiger partial charge on any atom is 0.284 e. The van der Waals surface area contributed by atoms with Gasteiger partial charge in [0.1, 0.15) is 12.9 Å². The van der Waals surface area contributed by atoms with Crippen LogP contribution in [0.2, 0.25) is 0 Å². The van der Waals surface area contributed by atoms with Crippen LogP contribution in [0.15, 0.2) is 35.4 Å². The number of amides is 1. The zero-order valence-corrected chi connectivity index (χ0v) is 13.7. The summed E-state index contributed by atoms with van der Waals surface area (Å²) < 4.78 is 2.75. The number of benzene rings is 1. The molecule has 2 heterocycles. The monoisotopic (exact) mass is 326 g/mol. The van der Waals surface area contributed by atoms with Crippen molar-refractivity contribution in [1.82, 2.24) is 29.9 Å². The van der Waals surface area contributed by atoms with Crippen molar-refractivity contribution in [3.63, 3.8) is 0 Å². The third kappa shape index (κ3) is 3.03. The van der Waals surface area contributed by atoms with Gasteiger partial charge in [-0.25, -0.2) is 4.98 Å². The normalized spacial score (nSPS) is 11.2. The van der Waals surface area contributed by atoms with Gasteiger partial charge in [-0.2, -0.15) is 4.68 Å². The predicted octanol–water partition coefficient (Wildman–Crippen LogP) is 0.810. The Bertz CT molecular complexity index is 957.